The first-order chi connectivity index (χ1) is 13.1. The average molecular weight is 500 g/mol. The van der Waals surface area contributed by atoms with Crippen molar-refractivity contribution in [2.75, 3.05) is 26.7 Å². The number of halogens is 1. The Morgan fingerprint density at radius 3 is 2.57 bits per heavy atom. The molecule has 2 N–H and O–H groups in total. The molecule has 0 unspecified atom stereocenters. The van der Waals surface area contributed by atoms with Crippen molar-refractivity contribution in [2.45, 2.75) is 58.9 Å². The van der Waals surface area contributed by atoms with Crippen molar-refractivity contribution in [2.24, 2.45) is 10.9 Å². The molecular formula is C22H37IN4O. The van der Waals surface area contributed by atoms with E-state index in [1.807, 2.05) is 23.1 Å². The summed E-state index contributed by atoms with van der Waals surface area (Å²) in [7, 11) is 1.79. The van der Waals surface area contributed by atoms with E-state index in [4.69, 9.17) is 0 Å². The molecule has 1 aromatic carbocycles. The minimum Gasteiger partial charge on any atom is -0.356 e. The molecule has 0 saturated carbocycles. The molecule has 0 aromatic heterocycles. The van der Waals surface area contributed by atoms with E-state index in [-0.39, 0.29) is 29.9 Å². The molecule has 0 aliphatic carbocycles. The maximum Gasteiger partial charge on any atom is 0.253 e. The third-order valence-electron chi connectivity index (χ3n) is 5.00. The quantitative estimate of drug-likeness (QED) is 0.241. The van der Waals surface area contributed by atoms with E-state index in [0.717, 1.165) is 61.9 Å². The number of rotatable bonds is 8. The van der Waals surface area contributed by atoms with Crippen LogP contribution in [-0.4, -0.2) is 43.4 Å². The number of amides is 1. The highest BCUT2D eigenvalue weighted by Crippen LogP contribution is 2.14. The number of aliphatic imine (C=N–C) groups is 1. The lowest BCUT2D eigenvalue weighted by molar-refractivity contribution is 0.0724. The Kier molecular flexibility index (Phi) is 12.2. The summed E-state index contributed by atoms with van der Waals surface area (Å²) >= 11 is 0. The van der Waals surface area contributed by atoms with Crippen LogP contribution in [0.2, 0.25) is 0 Å². The number of likely N-dealkylation sites (tertiary alicyclic amines) is 1. The van der Waals surface area contributed by atoms with Crippen LogP contribution in [0.3, 0.4) is 0 Å². The summed E-state index contributed by atoms with van der Waals surface area (Å²) in [6.07, 6.45) is 7.13. The molecule has 0 radical (unpaired) electrons. The largest absolute Gasteiger partial charge is 0.356 e. The third kappa shape index (κ3) is 8.80. The number of guanidine groups is 1. The Balaban J connectivity index is 0.00000392. The molecule has 0 atom stereocenters. The number of carbonyl (C=O) groups is 1. The van der Waals surface area contributed by atoms with E-state index in [9.17, 15) is 4.79 Å². The van der Waals surface area contributed by atoms with Gasteiger partial charge in [0.2, 0.25) is 0 Å². The molecule has 0 bridgehead atoms. The molecule has 158 valence electrons. The molecule has 0 spiro atoms. The smallest absolute Gasteiger partial charge is 0.253 e. The van der Waals surface area contributed by atoms with Crippen LogP contribution in [-0.2, 0) is 6.54 Å². The van der Waals surface area contributed by atoms with Crippen LogP contribution in [0.25, 0.3) is 0 Å². The summed E-state index contributed by atoms with van der Waals surface area (Å²) in [6.45, 7) is 7.88. The van der Waals surface area contributed by atoms with Gasteiger partial charge >= 0.3 is 0 Å². The van der Waals surface area contributed by atoms with E-state index in [2.05, 4.69) is 35.5 Å². The Hall–Kier alpha value is -1.31. The SMILES string of the molecule is CN=C(NCCCCC(C)C)NCc1cccc(C(=O)N2CCCCC2)c1.I. The molecule has 1 amide bonds. The molecule has 1 saturated heterocycles. The van der Waals surface area contributed by atoms with Gasteiger partial charge in [-0.2, -0.15) is 0 Å². The van der Waals surface area contributed by atoms with Crippen LogP contribution in [0.15, 0.2) is 29.3 Å². The highest BCUT2D eigenvalue weighted by atomic mass is 127. The average Bonchev–Trinajstić information content (AvgIpc) is 2.70. The molecule has 2 rings (SSSR count). The standard InChI is InChI=1S/C22H36N4O.HI/c1-18(2)10-5-6-13-24-22(23-3)25-17-19-11-9-12-20(16-19)21(27)26-14-7-4-8-15-26;/h9,11-12,16,18H,4-8,10,13-15,17H2,1-3H3,(H2,23,24,25);1H. The van der Waals surface area contributed by atoms with Gasteiger partial charge in [-0.3, -0.25) is 9.79 Å². The zero-order valence-electron chi connectivity index (χ0n) is 17.7. The van der Waals surface area contributed by atoms with Gasteiger partial charge in [0.15, 0.2) is 5.96 Å². The second-order valence-corrected chi connectivity index (χ2v) is 7.80. The number of hydrogen-bond acceptors (Lipinski definition) is 2. The summed E-state index contributed by atoms with van der Waals surface area (Å²) in [4.78, 5) is 18.9. The Bertz CT molecular complexity index is 612. The fraction of sp³-hybridized carbons (Fsp3) is 0.636. The van der Waals surface area contributed by atoms with Gasteiger partial charge in [0.25, 0.3) is 5.91 Å². The topological polar surface area (TPSA) is 56.7 Å². The predicted molar refractivity (Wildman–Crippen MR) is 129 cm³/mol. The molecule has 1 fully saturated rings. The number of nitrogens with zero attached hydrogens (tertiary/aromatic N) is 2. The maximum absolute atomic E-state index is 12.7. The summed E-state index contributed by atoms with van der Waals surface area (Å²) < 4.78 is 0. The molecule has 1 heterocycles. The van der Waals surface area contributed by atoms with Gasteiger partial charge in [0.05, 0.1) is 0 Å². The number of hydrogen-bond donors (Lipinski definition) is 2. The number of nitrogens with one attached hydrogen (secondary N) is 2. The van der Waals surface area contributed by atoms with Gasteiger partial charge in [0.1, 0.15) is 0 Å². The van der Waals surface area contributed by atoms with Crippen molar-refractivity contribution >= 4 is 35.8 Å². The Labute approximate surface area is 187 Å². The van der Waals surface area contributed by atoms with Gasteiger partial charge in [-0.05, 0) is 49.3 Å². The van der Waals surface area contributed by atoms with E-state index in [1.165, 1.54) is 19.3 Å². The molecule has 1 aliphatic heterocycles. The predicted octanol–water partition coefficient (Wildman–Crippen LogP) is 4.42. The fourth-order valence-electron chi connectivity index (χ4n) is 3.38. The lowest BCUT2D eigenvalue weighted by atomic mass is 10.1. The van der Waals surface area contributed by atoms with Gasteiger partial charge < -0.3 is 15.5 Å². The van der Waals surface area contributed by atoms with Gasteiger partial charge in [0, 0.05) is 38.8 Å². The molecule has 28 heavy (non-hydrogen) atoms. The fourth-order valence-corrected chi connectivity index (χ4v) is 3.38. The van der Waals surface area contributed by atoms with Crippen LogP contribution in [0.1, 0.15) is 68.3 Å². The third-order valence-corrected chi connectivity index (χ3v) is 5.00. The summed E-state index contributed by atoms with van der Waals surface area (Å²) in [5.41, 5.74) is 1.88. The minimum atomic E-state index is 0. The monoisotopic (exact) mass is 500 g/mol. The van der Waals surface area contributed by atoms with Crippen LogP contribution >= 0.6 is 24.0 Å². The Morgan fingerprint density at radius 2 is 1.89 bits per heavy atom. The minimum absolute atomic E-state index is 0. The van der Waals surface area contributed by atoms with Crippen molar-refractivity contribution in [3.05, 3.63) is 35.4 Å². The second-order valence-electron chi connectivity index (χ2n) is 7.80. The van der Waals surface area contributed by atoms with Crippen LogP contribution in [0.4, 0.5) is 0 Å². The lowest BCUT2D eigenvalue weighted by Crippen LogP contribution is -2.37. The normalized spacial score (nSPS) is 14.6. The Morgan fingerprint density at radius 1 is 1.14 bits per heavy atom. The van der Waals surface area contributed by atoms with Crippen LogP contribution in [0, 0.1) is 5.92 Å². The zero-order valence-corrected chi connectivity index (χ0v) is 20.0. The molecule has 6 heteroatoms. The van der Waals surface area contributed by atoms with E-state index >= 15 is 0 Å². The molecular weight excluding hydrogens is 463 g/mol. The molecule has 1 aromatic rings. The van der Waals surface area contributed by atoms with E-state index < -0.39 is 0 Å². The molecule has 5 nitrogen and oxygen atoms in total. The van der Waals surface area contributed by atoms with Crippen molar-refractivity contribution in [1.82, 2.24) is 15.5 Å². The number of carbonyl (C=O) groups excluding carboxylic acids is 1. The van der Waals surface area contributed by atoms with Crippen LogP contribution in [0.5, 0.6) is 0 Å². The van der Waals surface area contributed by atoms with Gasteiger partial charge in [-0.15, -0.1) is 24.0 Å². The number of piperidine rings is 1. The highest BCUT2D eigenvalue weighted by molar-refractivity contribution is 14.0. The van der Waals surface area contributed by atoms with Crippen molar-refractivity contribution < 1.29 is 4.79 Å². The van der Waals surface area contributed by atoms with Crippen molar-refractivity contribution in [3.63, 3.8) is 0 Å². The highest BCUT2D eigenvalue weighted by Gasteiger charge is 2.18. The first-order valence-electron chi connectivity index (χ1n) is 10.4. The van der Waals surface area contributed by atoms with E-state index in [0.29, 0.717) is 6.54 Å². The van der Waals surface area contributed by atoms with Crippen LogP contribution < -0.4 is 10.6 Å². The second kappa shape index (κ2) is 13.8. The van der Waals surface area contributed by atoms with E-state index in [1.54, 1.807) is 7.05 Å². The summed E-state index contributed by atoms with van der Waals surface area (Å²) in [6, 6.07) is 7.94. The first-order valence-corrected chi connectivity index (χ1v) is 10.4. The number of benzene rings is 1. The summed E-state index contributed by atoms with van der Waals surface area (Å²) in [5.74, 6) is 1.74. The van der Waals surface area contributed by atoms with Crippen molar-refractivity contribution in [1.29, 1.82) is 0 Å². The van der Waals surface area contributed by atoms with Gasteiger partial charge in [-0.1, -0.05) is 38.8 Å². The zero-order chi connectivity index (χ0) is 19.5. The van der Waals surface area contributed by atoms with Gasteiger partial charge in [-0.25, -0.2) is 0 Å². The maximum atomic E-state index is 12.7. The summed E-state index contributed by atoms with van der Waals surface area (Å²) in [5, 5.41) is 6.71. The first kappa shape index (κ1) is 24.7. The molecule has 1 aliphatic rings. The number of unbranched alkanes of at least 4 members (excludes halogenated alkanes) is 1. The lowest BCUT2D eigenvalue weighted by Gasteiger charge is -2.26. The van der Waals surface area contributed by atoms with Crippen molar-refractivity contribution in [3.8, 4) is 0 Å².